The number of H-pyrrole nitrogens is 1. The van der Waals surface area contributed by atoms with Crippen molar-refractivity contribution in [3.63, 3.8) is 0 Å². The minimum Gasteiger partial charge on any atom is -0.281 e. The fraction of sp³-hybridized carbons (Fsp3) is 0.160. The maximum Gasteiger partial charge on any atom is 0.280 e. The van der Waals surface area contributed by atoms with Gasteiger partial charge in [-0.3, -0.25) is 9.80 Å². The maximum absolute atomic E-state index is 12.8. The van der Waals surface area contributed by atoms with Crippen LogP contribution in [-0.4, -0.2) is 42.1 Å². The zero-order chi connectivity index (χ0) is 24.2. The van der Waals surface area contributed by atoms with Crippen molar-refractivity contribution in [2.45, 2.75) is 25.3 Å². The van der Waals surface area contributed by atoms with Crippen LogP contribution in [0.4, 0.5) is 0 Å². The molecule has 1 saturated heterocycles. The number of tetrazole rings is 1. The fourth-order valence-corrected chi connectivity index (χ4v) is 4.99. The number of aliphatic imine (C=N–C) groups is 1. The third kappa shape index (κ3) is 5.12. The Bertz CT molecular complexity index is 1360. The van der Waals surface area contributed by atoms with Crippen molar-refractivity contribution >= 4 is 34.4 Å². The molecule has 1 aromatic heterocycles. The summed E-state index contributed by atoms with van der Waals surface area (Å²) in [6, 6.07) is 23.2. The first kappa shape index (κ1) is 23.2. The van der Waals surface area contributed by atoms with Gasteiger partial charge in [-0.05, 0) is 45.7 Å². The molecule has 3 aromatic carbocycles. The van der Waals surface area contributed by atoms with E-state index in [2.05, 4.69) is 62.2 Å². The van der Waals surface area contributed by atoms with Gasteiger partial charge in [0.15, 0.2) is 11.0 Å². The first-order valence-corrected chi connectivity index (χ1v) is 12.4. The Labute approximate surface area is 211 Å². The number of carbonyl (C=O) groups excluding carboxylic acids is 1. The predicted octanol–water partition coefficient (Wildman–Crippen LogP) is 5.17. The Kier molecular flexibility index (Phi) is 6.89. The third-order valence-corrected chi connectivity index (χ3v) is 7.16. The van der Waals surface area contributed by atoms with Crippen LogP contribution in [0.25, 0.3) is 22.5 Å². The van der Waals surface area contributed by atoms with E-state index in [9.17, 15) is 4.79 Å². The lowest BCUT2D eigenvalue weighted by molar-refractivity contribution is 0.100. The summed E-state index contributed by atoms with van der Waals surface area (Å²) in [7, 11) is 0. The monoisotopic (exact) mass is 503 g/mol. The highest BCUT2D eigenvalue weighted by Crippen LogP contribution is 2.31. The maximum atomic E-state index is 12.8. The lowest BCUT2D eigenvalue weighted by Crippen LogP contribution is -2.37. The van der Waals surface area contributed by atoms with Gasteiger partial charge < -0.3 is 0 Å². The van der Waals surface area contributed by atoms with E-state index < -0.39 is 0 Å². The summed E-state index contributed by atoms with van der Waals surface area (Å²) in [5, 5.41) is 17.4. The molecule has 10 heteroatoms. The molecule has 1 atom stereocenters. The Morgan fingerprint density at radius 1 is 1.06 bits per heavy atom. The van der Waals surface area contributed by atoms with Gasteiger partial charge in [0.2, 0.25) is 0 Å². The zero-order valence-corrected chi connectivity index (χ0v) is 20.4. The molecule has 1 aliphatic heterocycles. The molecule has 2 N–H and O–H groups in total. The van der Waals surface area contributed by atoms with Crippen molar-refractivity contribution in [2.75, 3.05) is 0 Å². The average Bonchev–Trinajstić information content (AvgIpc) is 3.55. The van der Waals surface area contributed by atoms with Gasteiger partial charge in [0.25, 0.3) is 5.91 Å². The lowest BCUT2D eigenvalue weighted by atomic mass is 9.98. The van der Waals surface area contributed by atoms with Crippen molar-refractivity contribution in [1.82, 2.24) is 31.1 Å². The van der Waals surface area contributed by atoms with Crippen molar-refractivity contribution in [2.24, 2.45) is 4.99 Å². The molecule has 0 saturated carbocycles. The number of thioether (sulfide) groups is 1. The number of hydrogen-bond donors (Lipinski definition) is 2. The molecular weight excluding hydrogens is 482 g/mol. The number of nitrogens with one attached hydrogen (secondary N) is 2. The van der Waals surface area contributed by atoms with E-state index in [1.54, 1.807) is 36.0 Å². The second kappa shape index (κ2) is 10.4. The molecule has 1 aliphatic rings. The first-order valence-electron chi connectivity index (χ1n) is 11.1. The molecule has 176 valence electrons. The van der Waals surface area contributed by atoms with Crippen LogP contribution in [0.5, 0.6) is 0 Å². The van der Waals surface area contributed by atoms with Gasteiger partial charge in [-0.1, -0.05) is 91.0 Å². The third-order valence-electron chi connectivity index (χ3n) is 5.58. The van der Waals surface area contributed by atoms with Gasteiger partial charge in [-0.25, -0.2) is 10.5 Å². The van der Waals surface area contributed by atoms with E-state index in [0.717, 1.165) is 28.7 Å². The average molecular weight is 504 g/mol. The normalized spacial score (nSPS) is 16.7. The topological polar surface area (TPSA) is 99.2 Å². The summed E-state index contributed by atoms with van der Waals surface area (Å²) in [6.07, 6.45) is 0.896. The molecule has 5 rings (SSSR count). The molecule has 2 heterocycles. The summed E-state index contributed by atoms with van der Waals surface area (Å²) in [5.74, 6) is 0.271. The van der Waals surface area contributed by atoms with Gasteiger partial charge >= 0.3 is 0 Å². The van der Waals surface area contributed by atoms with Crippen LogP contribution in [-0.2, 0) is 6.54 Å². The number of rotatable bonds is 6. The van der Waals surface area contributed by atoms with Gasteiger partial charge in [0.05, 0.1) is 22.5 Å². The highest BCUT2D eigenvalue weighted by molar-refractivity contribution is 8.14. The summed E-state index contributed by atoms with van der Waals surface area (Å²) in [4.78, 5) is 17.2. The quantitative estimate of drug-likeness (QED) is 0.374. The summed E-state index contributed by atoms with van der Waals surface area (Å²) >= 11 is 7.74. The molecule has 1 fully saturated rings. The number of hydrogen-bond acceptors (Lipinski definition) is 6. The standard InChI is InChI=1S/C25H22ClN7OS/c1-2-22-30-33(25(35-22)27-24(34)20-9-5-6-10-21(20)26)15-16-11-13-17(14-12-16)18-7-3-4-8-19(18)23-28-31-32-29-23/h3-14,22,30H,2,15H2,1H3,(H,28,29,31,32). The number of amides is 1. The zero-order valence-electron chi connectivity index (χ0n) is 18.9. The van der Waals surface area contributed by atoms with E-state index in [0.29, 0.717) is 28.1 Å². The minimum absolute atomic E-state index is 0.148. The molecule has 4 aromatic rings. The van der Waals surface area contributed by atoms with Crippen molar-refractivity contribution < 1.29 is 4.79 Å². The number of carbonyl (C=O) groups is 1. The van der Waals surface area contributed by atoms with Crippen LogP contribution in [0.15, 0.2) is 77.8 Å². The summed E-state index contributed by atoms with van der Waals surface area (Å²) in [5.41, 5.74) is 7.93. The van der Waals surface area contributed by atoms with Crippen LogP contribution in [0.2, 0.25) is 5.02 Å². The Morgan fingerprint density at radius 2 is 1.80 bits per heavy atom. The van der Waals surface area contributed by atoms with Crippen LogP contribution >= 0.6 is 23.4 Å². The molecule has 1 unspecified atom stereocenters. The van der Waals surface area contributed by atoms with Gasteiger partial charge in [0, 0.05) is 5.56 Å². The number of halogens is 1. The van der Waals surface area contributed by atoms with Crippen molar-refractivity contribution in [3.05, 3.63) is 88.9 Å². The summed E-state index contributed by atoms with van der Waals surface area (Å²) < 4.78 is 0. The largest absolute Gasteiger partial charge is 0.281 e. The summed E-state index contributed by atoms with van der Waals surface area (Å²) in [6.45, 7) is 2.66. The molecule has 0 bridgehead atoms. The lowest BCUT2D eigenvalue weighted by Gasteiger charge is -2.19. The van der Waals surface area contributed by atoms with Crippen LogP contribution in [0.1, 0.15) is 29.3 Å². The van der Waals surface area contributed by atoms with E-state index >= 15 is 0 Å². The van der Waals surface area contributed by atoms with Gasteiger partial charge in [-0.15, -0.1) is 5.10 Å². The Hall–Kier alpha value is -3.53. The number of benzene rings is 3. The van der Waals surface area contributed by atoms with E-state index in [4.69, 9.17) is 11.6 Å². The number of aromatic nitrogens is 4. The Balaban J connectivity index is 1.37. The number of amidine groups is 1. The van der Waals surface area contributed by atoms with E-state index in [1.165, 1.54) is 0 Å². The highest BCUT2D eigenvalue weighted by Gasteiger charge is 2.28. The minimum atomic E-state index is -0.351. The predicted molar refractivity (Wildman–Crippen MR) is 139 cm³/mol. The number of aromatic amines is 1. The van der Waals surface area contributed by atoms with Crippen molar-refractivity contribution in [3.8, 4) is 22.5 Å². The Morgan fingerprint density at radius 3 is 2.51 bits per heavy atom. The highest BCUT2D eigenvalue weighted by atomic mass is 35.5. The molecule has 0 aliphatic carbocycles. The molecular formula is C25H22ClN7OS. The van der Waals surface area contributed by atoms with E-state index in [1.807, 2.05) is 29.3 Å². The smallest absolute Gasteiger partial charge is 0.280 e. The number of hydrazine groups is 1. The molecule has 1 amide bonds. The van der Waals surface area contributed by atoms with Crippen LogP contribution < -0.4 is 5.43 Å². The van der Waals surface area contributed by atoms with Crippen LogP contribution in [0, 0.1) is 0 Å². The molecule has 8 nitrogen and oxygen atoms in total. The molecule has 0 spiro atoms. The first-order chi connectivity index (χ1) is 17.1. The molecule has 35 heavy (non-hydrogen) atoms. The van der Waals surface area contributed by atoms with Crippen molar-refractivity contribution in [1.29, 1.82) is 0 Å². The molecule has 0 radical (unpaired) electrons. The van der Waals surface area contributed by atoms with Gasteiger partial charge in [0.1, 0.15) is 0 Å². The number of nitrogens with zero attached hydrogens (tertiary/aromatic N) is 5. The second-order valence-corrected chi connectivity index (χ2v) is 9.48. The van der Waals surface area contributed by atoms with E-state index in [-0.39, 0.29) is 11.3 Å². The van der Waals surface area contributed by atoms with Crippen LogP contribution in [0.3, 0.4) is 0 Å². The van der Waals surface area contributed by atoms with Gasteiger partial charge in [-0.2, -0.15) is 4.99 Å². The fourth-order valence-electron chi connectivity index (χ4n) is 3.79. The second-order valence-electron chi connectivity index (χ2n) is 7.90. The SMILES string of the molecule is CCC1NN(Cc2ccc(-c3ccccc3-c3nnn[nH]3)cc2)C(=NC(=O)c2ccccc2Cl)S1.